The Bertz CT molecular complexity index is 381. The number of hydrogen-bond donors (Lipinski definition) is 1. The van der Waals surface area contributed by atoms with Gasteiger partial charge < -0.3 is 5.11 Å². The van der Waals surface area contributed by atoms with Crippen LogP contribution in [0.4, 0.5) is 0 Å². The molecular weight excluding hydrogens is 291 g/mol. The quantitative estimate of drug-likeness (QED) is 0.529. The minimum atomic E-state index is -1.09. The highest BCUT2D eigenvalue weighted by atomic mass is 35.5. The second-order valence-electron chi connectivity index (χ2n) is 4.58. The molecule has 0 aliphatic heterocycles. The van der Waals surface area contributed by atoms with Crippen molar-refractivity contribution < 1.29 is 5.11 Å². The SMILES string of the molecule is CCCCCCC(O)(CCl)c1cccc(Cl)c1Cl. The van der Waals surface area contributed by atoms with Crippen LogP contribution in [0.5, 0.6) is 0 Å². The smallest absolute Gasteiger partial charge is 0.105 e. The maximum absolute atomic E-state index is 10.6. The van der Waals surface area contributed by atoms with Gasteiger partial charge in [0.25, 0.3) is 0 Å². The van der Waals surface area contributed by atoms with Crippen LogP contribution in [0.3, 0.4) is 0 Å². The largest absolute Gasteiger partial charge is 0.384 e. The van der Waals surface area contributed by atoms with Crippen LogP contribution in [-0.4, -0.2) is 11.0 Å². The molecule has 0 aliphatic rings. The minimum absolute atomic E-state index is 0.124. The second kappa shape index (κ2) is 7.59. The lowest BCUT2D eigenvalue weighted by Gasteiger charge is -2.27. The summed E-state index contributed by atoms with van der Waals surface area (Å²) in [6.45, 7) is 2.15. The highest BCUT2D eigenvalue weighted by Crippen LogP contribution is 2.37. The van der Waals surface area contributed by atoms with E-state index < -0.39 is 5.60 Å². The number of rotatable bonds is 7. The van der Waals surface area contributed by atoms with Gasteiger partial charge in [-0.15, -0.1) is 11.6 Å². The Morgan fingerprint density at radius 1 is 1.17 bits per heavy atom. The molecule has 1 atom stereocenters. The number of hydrogen-bond acceptors (Lipinski definition) is 1. The van der Waals surface area contributed by atoms with Gasteiger partial charge in [-0.25, -0.2) is 0 Å². The summed E-state index contributed by atoms with van der Waals surface area (Å²) in [6.07, 6.45) is 4.96. The monoisotopic (exact) mass is 308 g/mol. The summed E-state index contributed by atoms with van der Waals surface area (Å²) < 4.78 is 0. The van der Waals surface area contributed by atoms with Crippen LogP contribution < -0.4 is 0 Å². The Balaban J connectivity index is 2.82. The first-order chi connectivity index (χ1) is 8.55. The lowest BCUT2D eigenvalue weighted by molar-refractivity contribution is 0.0487. The van der Waals surface area contributed by atoms with Crippen molar-refractivity contribution in [3.63, 3.8) is 0 Å². The third-order valence-corrected chi connectivity index (χ3v) is 4.38. The van der Waals surface area contributed by atoms with Gasteiger partial charge in [0.2, 0.25) is 0 Å². The van der Waals surface area contributed by atoms with Crippen molar-refractivity contribution in [1.82, 2.24) is 0 Å². The van der Waals surface area contributed by atoms with E-state index in [0.717, 1.165) is 19.3 Å². The molecule has 1 N–H and O–H groups in total. The molecule has 0 aliphatic carbocycles. The lowest BCUT2D eigenvalue weighted by Crippen LogP contribution is -2.28. The van der Waals surface area contributed by atoms with Crippen LogP contribution >= 0.6 is 34.8 Å². The Morgan fingerprint density at radius 2 is 1.89 bits per heavy atom. The average Bonchev–Trinajstić information content (AvgIpc) is 2.37. The van der Waals surface area contributed by atoms with Crippen molar-refractivity contribution in [3.8, 4) is 0 Å². The summed E-state index contributed by atoms with van der Waals surface area (Å²) in [4.78, 5) is 0. The van der Waals surface area contributed by atoms with E-state index in [9.17, 15) is 5.11 Å². The van der Waals surface area contributed by atoms with Gasteiger partial charge in [0.1, 0.15) is 5.60 Å². The Labute approximate surface area is 124 Å². The molecule has 0 fully saturated rings. The summed E-state index contributed by atoms with van der Waals surface area (Å²) >= 11 is 18.0. The Hall–Kier alpha value is 0.0500. The van der Waals surface area contributed by atoms with Gasteiger partial charge in [0.15, 0.2) is 0 Å². The van der Waals surface area contributed by atoms with E-state index in [4.69, 9.17) is 34.8 Å². The molecule has 0 amide bonds. The minimum Gasteiger partial charge on any atom is -0.384 e. The van der Waals surface area contributed by atoms with E-state index in [0.29, 0.717) is 22.0 Å². The molecule has 1 unspecified atom stereocenters. The summed E-state index contributed by atoms with van der Waals surface area (Å²) in [6, 6.07) is 5.28. The van der Waals surface area contributed by atoms with Gasteiger partial charge in [0.05, 0.1) is 15.9 Å². The molecule has 0 spiro atoms. The fourth-order valence-electron chi connectivity index (χ4n) is 1.98. The number of alkyl halides is 1. The standard InChI is InChI=1S/C14H19Cl3O/c1-2-3-4-5-9-14(18,10-15)11-7-6-8-12(16)13(11)17/h6-8,18H,2-5,9-10H2,1H3. The van der Waals surface area contributed by atoms with Gasteiger partial charge in [-0.1, -0.05) is 67.9 Å². The zero-order chi connectivity index (χ0) is 13.6. The summed E-state index contributed by atoms with van der Waals surface area (Å²) in [7, 11) is 0. The molecule has 0 bridgehead atoms. The zero-order valence-electron chi connectivity index (χ0n) is 10.6. The molecule has 0 saturated heterocycles. The van der Waals surface area contributed by atoms with E-state index in [-0.39, 0.29) is 5.88 Å². The molecule has 0 saturated carbocycles. The number of halogens is 3. The van der Waals surface area contributed by atoms with E-state index in [1.54, 1.807) is 18.2 Å². The van der Waals surface area contributed by atoms with E-state index in [1.165, 1.54) is 6.42 Å². The van der Waals surface area contributed by atoms with Gasteiger partial charge in [-0.3, -0.25) is 0 Å². The molecule has 18 heavy (non-hydrogen) atoms. The van der Waals surface area contributed by atoms with Gasteiger partial charge >= 0.3 is 0 Å². The molecule has 102 valence electrons. The maximum atomic E-state index is 10.6. The topological polar surface area (TPSA) is 20.2 Å². The Morgan fingerprint density at radius 3 is 2.50 bits per heavy atom. The fraction of sp³-hybridized carbons (Fsp3) is 0.571. The Kier molecular flexibility index (Phi) is 6.79. The molecule has 1 rings (SSSR count). The zero-order valence-corrected chi connectivity index (χ0v) is 12.8. The third kappa shape index (κ3) is 4.03. The molecule has 1 aromatic rings. The van der Waals surface area contributed by atoms with Crippen molar-refractivity contribution in [2.45, 2.75) is 44.6 Å². The molecular formula is C14H19Cl3O. The summed E-state index contributed by atoms with van der Waals surface area (Å²) in [5, 5.41) is 11.5. The molecule has 1 aromatic carbocycles. The van der Waals surface area contributed by atoms with Crippen molar-refractivity contribution in [2.24, 2.45) is 0 Å². The first-order valence-electron chi connectivity index (χ1n) is 6.28. The number of benzene rings is 1. The van der Waals surface area contributed by atoms with Crippen LogP contribution in [0.2, 0.25) is 10.0 Å². The average molecular weight is 310 g/mol. The van der Waals surface area contributed by atoms with E-state index in [1.807, 2.05) is 0 Å². The lowest BCUT2D eigenvalue weighted by atomic mass is 9.90. The van der Waals surface area contributed by atoms with Crippen LogP contribution in [0.15, 0.2) is 18.2 Å². The van der Waals surface area contributed by atoms with Crippen molar-refractivity contribution in [1.29, 1.82) is 0 Å². The van der Waals surface area contributed by atoms with Gasteiger partial charge in [0, 0.05) is 5.56 Å². The first-order valence-corrected chi connectivity index (χ1v) is 7.57. The van der Waals surface area contributed by atoms with Crippen LogP contribution in [-0.2, 0) is 5.60 Å². The second-order valence-corrected chi connectivity index (χ2v) is 5.63. The highest BCUT2D eigenvalue weighted by molar-refractivity contribution is 6.42. The van der Waals surface area contributed by atoms with Crippen molar-refractivity contribution in [2.75, 3.05) is 5.88 Å². The molecule has 4 heteroatoms. The fourth-order valence-corrected chi connectivity index (χ4v) is 2.73. The van der Waals surface area contributed by atoms with Crippen LogP contribution in [0.1, 0.15) is 44.6 Å². The van der Waals surface area contributed by atoms with E-state index in [2.05, 4.69) is 6.92 Å². The van der Waals surface area contributed by atoms with E-state index >= 15 is 0 Å². The maximum Gasteiger partial charge on any atom is 0.105 e. The van der Waals surface area contributed by atoms with Gasteiger partial charge in [-0.05, 0) is 12.5 Å². The normalized spacial score (nSPS) is 14.5. The summed E-state index contributed by atoms with van der Waals surface area (Å²) in [5.41, 5.74) is -0.458. The first kappa shape index (κ1) is 16.1. The van der Waals surface area contributed by atoms with Crippen molar-refractivity contribution >= 4 is 34.8 Å². The van der Waals surface area contributed by atoms with Crippen LogP contribution in [0.25, 0.3) is 0 Å². The third-order valence-electron chi connectivity index (χ3n) is 3.12. The summed E-state index contributed by atoms with van der Waals surface area (Å²) in [5.74, 6) is 0.124. The van der Waals surface area contributed by atoms with Gasteiger partial charge in [-0.2, -0.15) is 0 Å². The molecule has 0 aromatic heterocycles. The number of unbranched alkanes of at least 4 members (excludes halogenated alkanes) is 3. The predicted octanol–water partition coefficient (Wildman–Crippen LogP) is 5.39. The molecule has 1 nitrogen and oxygen atoms in total. The molecule has 0 radical (unpaired) electrons. The number of aliphatic hydroxyl groups is 1. The predicted molar refractivity (Wildman–Crippen MR) is 79.8 cm³/mol. The highest BCUT2D eigenvalue weighted by Gasteiger charge is 2.30. The van der Waals surface area contributed by atoms with Crippen LogP contribution in [0, 0.1) is 0 Å². The van der Waals surface area contributed by atoms with Crippen molar-refractivity contribution in [3.05, 3.63) is 33.8 Å². The molecule has 0 heterocycles.